The molecule has 0 aromatic heterocycles. The van der Waals surface area contributed by atoms with Gasteiger partial charge in [0.25, 0.3) is 0 Å². The number of piperidine rings is 1. The number of urea groups is 1. The van der Waals surface area contributed by atoms with Crippen LogP contribution in [-0.4, -0.2) is 35.7 Å². The molecule has 1 atom stereocenters. The molecule has 1 aromatic rings. The van der Waals surface area contributed by atoms with E-state index in [1.165, 1.54) is 12.1 Å². The summed E-state index contributed by atoms with van der Waals surface area (Å²) in [5.74, 6) is -0.310. The number of likely N-dealkylation sites (tertiary alicyclic amines) is 1. The molecule has 1 heterocycles. The van der Waals surface area contributed by atoms with E-state index in [1.807, 2.05) is 0 Å². The highest BCUT2D eigenvalue weighted by atomic mass is 19.1. The van der Waals surface area contributed by atoms with Crippen LogP contribution in [0.5, 0.6) is 0 Å². The number of amides is 2. The van der Waals surface area contributed by atoms with Crippen LogP contribution in [0.2, 0.25) is 0 Å². The molecule has 0 saturated carbocycles. The van der Waals surface area contributed by atoms with Crippen molar-refractivity contribution >= 4 is 6.03 Å². The monoisotopic (exact) mass is 306 g/mol. The summed E-state index contributed by atoms with van der Waals surface area (Å²) in [7, 11) is 0. The lowest BCUT2D eigenvalue weighted by molar-refractivity contribution is 0.0492. The van der Waals surface area contributed by atoms with Gasteiger partial charge in [-0.1, -0.05) is 18.2 Å². The van der Waals surface area contributed by atoms with Gasteiger partial charge in [-0.25, -0.2) is 9.18 Å². The summed E-state index contributed by atoms with van der Waals surface area (Å²) in [5, 5.41) is 12.5. The summed E-state index contributed by atoms with van der Waals surface area (Å²) in [5.41, 5.74) is 0.445. The zero-order valence-electron chi connectivity index (χ0n) is 12.7. The lowest BCUT2D eigenvalue weighted by atomic mass is 9.78. The van der Waals surface area contributed by atoms with Crippen LogP contribution in [0.3, 0.4) is 0 Å². The highest BCUT2D eigenvalue weighted by Crippen LogP contribution is 2.33. The van der Waals surface area contributed by atoms with Crippen LogP contribution in [0, 0.1) is 11.2 Å². The molecule has 1 fully saturated rings. The van der Waals surface area contributed by atoms with E-state index in [0.717, 1.165) is 18.4 Å². The first-order valence-electron chi connectivity index (χ1n) is 7.57. The molecule has 120 valence electrons. The maximum Gasteiger partial charge on any atom is 0.317 e. The van der Waals surface area contributed by atoms with E-state index in [1.54, 1.807) is 23.1 Å². The fourth-order valence-electron chi connectivity index (χ4n) is 2.98. The molecule has 0 aliphatic carbocycles. The molecule has 2 rings (SSSR count). The van der Waals surface area contributed by atoms with Crippen molar-refractivity contribution in [2.75, 3.05) is 19.7 Å². The third-order valence-corrected chi connectivity index (χ3v) is 4.19. The van der Waals surface area contributed by atoms with Gasteiger partial charge in [-0.15, -0.1) is 6.58 Å². The van der Waals surface area contributed by atoms with Crippen LogP contribution < -0.4 is 5.32 Å². The minimum absolute atomic E-state index is 0.0483. The molecule has 1 aliphatic rings. The van der Waals surface area contributed by atoms with Gasteiger partial charge < -0.3 is 15.3 Å². The highest BCUT2D eigenvalue weighted by Gasteiger charge is 2.35. The fraction of sp³-hybridized carbons (Fsp3) is 0.471. The van der Waals surface area contributed by atoms with Crippen molar-refractivity contribution in [1.29, 1.82) is 0 Å². The first-order chi connectivity index (χ1) is 10.6. The number of halogens is 1. The van der Waals surface area contributed by atoms with Gasteiger partial charge in [-0.05, 0) is 37.0 Å². The number of rotatable bonds is 5. The number of hydrogen-bond acceptors (Lipinski definition) is 2. The van der Waals surface area contributed by atoms with Crippen molar-refractivity contribution in [3.63, 3.8) is 0 Å². The summed E-state index contributed by atoms with van der Waals surface area (Å²) in [6, 6.07) is 6.01. The molecule has 22 heavy (non-hydrogen) atoms. The molecule has 1 aromatic carbocycles. The number of carbonyl (C=O) groups is 1. The summed E-state index contributed by atoms with van der Waals surface area (Å²) in [4.78, 5) is 14.0. The Morgan fingerprint density at radius 3 is 3.05 bits per heavy atom. The van der Waals surface area contributed by atoms with E-state index in [9.17, 15) is 14.3 Å². The molecule has 4 nitrogen and oxygen atoms in total. The molecular weight excluding hydrogens is 283 g/mol. The van der Waals surface area contributed by atoms with Crippen molar-refractivity contribution in [3.05, 3.63) is 48.3 Å². The van der Waals surface area contributed by atoms with Crippen molar-refractivity contribution in [3.8, 4) is 0 Å². The van der Waals surface area contributed by atoms with Crippen LogP contribution in [0.4, 0.5) is 9.18 Å². The molecular formula is C17H23FN2O2. The van der Waals surface area contributed by atoms with Crippen LogP contribution in [0.25, 0.3) is 0 Å². The maximum atomic E-state index is 13.1. The Kier molecular flexibility index (Phi) is 5.55. The van der Waals surface area contributed by atoms with Gasteiger partial charge in [0.2, 0.25) is 0 Å². The van der Waals surface area contributed by atoms with Gasteiger partial charge in [0, 0.05) is 25.0 Å². The SMILES string of the molecule is C=CC[C@@]1(CO)CCCN(C(=O)NCc2cccc(F)c2)C1. The number of hydrogen-bond donors (Lipinski definition) is 2. The van der Waals surface area contributed by atoms with Crippen LogP contribution in [-0.2, 0) is 6.54 Å². The Bertz CT molecular complexity index is 535. The van der Waals surface area contributed by atoms with Gasteiger partial charge in [-0.2, -0.15) is 0 Å². The molecule has 1 saturated heterocycles. The first kappa shape index (κ1) is 16.5. The van der Waals surface area contributed by atoms with E-state index in [2.05, 4.69) is 11.9 Å². The van der Waals surface area contributed by atoms with Crippen LogP contribution >= 0.6 is 0 Å². The average Bonchev–Trinajstić information content (AvgIpc) is 2.53. The minimum Gasteiger partial charge on any atom is -0.396 e. The maximum absolute atomic E-state index is 13.1. The van der Waals surface area contributed by atoms with Crippen LogP contribution in [0.15, 0.2) is 36.9 Å². The Balaban J connectivity index is 1.93. The number of aliphatic hydroxyl groups is 1. The van der Waals surface area contributed by atoms with E-state index in [0.29, 0.717) is 26.1 Å². The third kappa shape index (κ3) is 4.07. The van der Waals surface area contributed by atoms with Gasteiger partial charge in [0.1, 0.15) is 5.82 Å². The van der Waals surface area contributed by atoms with E-state index >= 15 is 0 Å². The topological polar surface area (TPSA) is 52.6 Å². The Hall–Kier alpha value is -1.88. The van der Waals surface area contributed by atoms with E-state index in [-0.39, 0.29) is 23.9 Å². The zero-order valence-corrected chi connectivity index (χ0v) is 12.7. The first-order valence-corrected chi connectivity index (χ1v) is 7.57. The Morgan fingerprint density at radius 1 is 1.55 bits per heavy atom. The largest absolute Gasteiger partial charge is 0.396 e. The number of nitrogens with zero attached hydrogens (tertiary/aromatic N) is 1. The van der Waals surface area contributed by atoms with Crippen LogP contribution in [0.1, 0.15) is 24.8 Å². The Morgan fingerprint density at radius 2 is 2.36 bits per heavy atom. The highest BCUT2D eigenvalue weighted by molar-refractivity contribution is 5.74. The number of aliphatic hydroxyl groups excluding tert-OH is 1. The number of nitrogens with one attached hydrogen (secondary N) is 1. The quantitative estimate of drug-likeness (QED) is 0.822. The minimum atomic E-state index is -0.310. The van der Waals surface area contributed by atoms with Crippen molar-refractivity contribution in [2.24, 2.45) is 5.41 Å². The Labute approximate surface area is 130 Å². The molecule has 0 spiro atoms. The van der Waals surface area contributed by atoms with Crippen molar-refractivity contribution < 1.29 is 14.3 Å². The van der Waals surface area contributed by atoms with Gasteiger partial charge in [0.05, 0.1) is 6.61 Å². The van der Waals surface area contributed by atoms with Gasteiger partial charge in [-0.3, -0.25) is 0 Å². The summed E-state index contributed by atoms with van der Waals surface area (Å²) < 4.78 is 13.1. The number of benzene rings is 1. The average molecular weight is 306 g/mol. The predicted octanol–water partition coefficient (Wildman–Crippen LogP) is 2.69. The molecule has 2 N–H and O–H groups in total. The second kappa shape index (κ2) is 7.40. The molecule has 2 amide bonds. The molecule has 0 bridgehead atoms. The zero-order chi connectivity index (χ0) is 16.0. The van der Waals surface area contributed by atoms with Crippen molar-refractivity contribution in [2.45, 2.75) is 25.8 Å². The smallest absolute Gasteiger partial charge is 0.317 e. The lowest BCUT2D eigenvalue weighted by Crippen LogP contribution is -2.50. The van der Waals surface area contributed by atoms with Gasteiger partial charge >= 0.3 is 6.03 Å². The molecule has 5 heteroatoms. The molecule has 0 radical (unpaired) electrons. The predicted molar refractivity (Wildman–Crippen MR) is 83.8 cm³/mol. The standard InChI is InChI=1S/C17H23FN2O2/c1-2-7-17(13-21)8-4-9-20(12-17)16(22)19-11-14-5-3-6-15(18)10-14/h2-3,5-6,10,21H,1,4,7-9,11-13H2,(H,19,22)/t17-/m1/s1. The lowest BCUT2D eigenvalue weighted by Gasteiger charge is -2.41. The summed E-state index contributed by atoms with van der Waals surface area (Å²) in [6.07, 6.45) is 4.24. The van der Waals surface area contributed by atoms with E-state index < -0.39 is 0 Å². The normalized spacial score (nSPS) is 21.5. The van der Waals surface area contributed by atoms with Gasteiger partial charge in [0.15, 0.2) is 0 Å². The van der Waals surface area contributed by atoms with Crippen molar-refractivity contribution in [1.82, 2.24) is 10.2 Å². The third-order valence-electron chi connectivity index (χ3n) is 4.19. The number of allylic oxidation sites excluding steroid dienone is 1. The molecule has 1 aliphatic heterocycles. The second-order valence-electron chi connectivity index (χ2n) is 5.96. The number of carbonyl (C=O) groups excluding carboxylic acids is 1. The molecule has 0 unspecified atom stereocenters. The summed E-state index contributed by atoms with van der Waals surface area (Å²) >= 11 is 0. The second-order valence-corrected chi connectivity index (χ2v) is 5.96. The fourth-order valence-corrected chi connectivity index (χ4v) is 2.98. The van der Waals surface area contributed by atoms with E-state index in [4.69, 9.17) is 0 Å². The summed E-state index contributed by atoms with van der Waals surface area (Å²) in [6.45, 7) is 5.27.